The lowest BCUT2D eigenvalue weighted by Crippen LogP contribution is -2.69. The molecular weight excluding hydrogens is 332 g/mol. The molecule has 0 saturated carbocycles. The molecule has 2 aliphatic heterocycles. The molecule has 1 aromatic rings. The van der Waals surface area contributed by atoms with Crippen molar-refractivity contribution in [3.8, 4) is 0 Å². The fourth-order valence-electron chi connectivity index (χ4n) is 5.47. The maximum atomic E-state index is 13.5. The van der Waals surface area contributed by atoms with Gasteiger partial charge in [0, 0.05) is 25.0 Å². The van der Waals surface area contributed by atoms with Crippen LogP contribution < -0.4 is 0 Å². The predicted octanol–water partition coefficient (Wildman–Crippen LogP) is 4.34. The van der Waals surface area contributed by atoms with Crippen molar-refractivity contribution in [1.29, 1.82) is 0 Å². The average molecular weight is 367 g/mol. The maximum absolute atomic E-state index is 13.5. The molecule has 1 unspecified atom stereocenters. The van der Waals surface area contributed by atoms with Crippen LogP contribution in [0.25, 0.3) is 0 Å². The van der Waals surface area contributed by atoms with Crippen LogP contribution in [-0.4, -0.2) is 41.0 Å². The van der Waals surface area contributed by atoms with E-state index in [9.17, 15) is 4.79 Å². The van der Waals surface area contributed by atoms with Crippen LogP contribution in [-0.2, 0) is 24.1 Å². The summed E-state index contributed by atoms with van der Waals surface area (Å²) in [5, 5.41) is 0. The van der Waals surface area contributed by atoms with Crippen LogP contribution >= 0.6 is 0 Å². The first kappa shape index (κ1) is 18.7. The number of hydrogen-bond acceptors (Lipinski definition) is 2. The van der Waals surface area contributed by atoms with Gasteiger partial charge in [-0.05, 0) is 62.1 Å². The Bertz CT molecular complexity index is 743. The molecule has 1 aromatic carbocycles. The minimum atomic E-state index is -0.222. The van der Waals surface area contributed by atoms with Crippen LogP contribution in [0.5, 0.6) is 0 Å². The number of aryl methyl sites for hydroxylation is 2. The highest BCUT2D eigenvalue weighted by molar-refractivity contribution is 5.80. The fraction of sp³-hybridized carbons (Fsp3) is 0.625. The largest absolute Gasteiger partial charge is 0.324 e. The minimum Gasteiger partial charge on any atom is -0.324 e. The zero-order valence-corrected chi connectivity index (χ0v) is 17.3. The molecule has 3 nitrogen and oxygen atoms in total. The third-order valence-electron chi connectivity index (χ3n) is 7.49. The Morgan fingerprint density at radius 1 is 1.00 bits per heavy atom. The monoisotopic (exact) mass is 366 g/mol. The van der Waals surface area contributed by atoms with Crippen molar-refractivity contribution in [1.82, 2.24) is 9.80 Å². The highest BCUT2D eigenvalue weighted by Crippen LogP contribution is 2.46. The Balaban J connectivity index is 1.57. The van der Waals surface area contributed by atoms with Gasteiger partial charge < -0.3 is 4.90 Å². The van der Waals surface area contributed by atoms with Crippen molar-refractivity contribution in [3.05, 3.63) is 47.0 Å². The van der Waals surface area contributed by atoms with Gasteiger partial charge in [0.05, 0.1) is 12.1 Å². The number of fused-ring (bicyclic) bond motifs is 1. The zero-order valence-electron chi connectivity index (χ0n) is 17.3. The quantitative estimate of drug-likeness (QED) is 0.743. The normalized spacial score (nSPS) is 27.6. The van der Waals surface area contributed by atoms with Crippen molar-refractivity contribution in [2.75, 3.05) is 19.6 Å². The van der Waals surface area contributed by atoms with E-state index < -0.39 is 0 Å². The van der Waals surface area contributed by atoms with Crippen molar-refractivity contribution in [2.24, 2.45) is 5.41 Å². The molecule has 0 spiro atoms. The second kappa shape index (κ2) is 7.09. The Hall–Kier alpha value is -1.61. The summed E-state index contributed by atoms with van der Waals surface area (Å²) < 4.78 is 0. The Kier molecular flexibility index (Phi) is 4.92. The summed E-state index contributed by atoms with van der Waals surface area (Å²) in [5.41, 5.74) is 4.01. The van der Waals surface area contributed by atoms with Gasteiger partial charge in [0.25, 0.3) is 0 Å². The molecule has 4 rings (SSSR count). The van der Waals surface area contributed by atoms with E-state index in [-0.39, 0.29) is 17.0 Å². The molecule has 1 aliphatic carbocycles. The van der Waals surface area contributed by atoms with E-state index in [1.165, 1.54) is 48.8 Å². The molecule has 27 heavy (non-hydrogen) atoms. The van der Waals surface area contributed by atoms with E-state index in [4.69, 9.17) is 0 Å². The van der Waals surface area contributed by atoms with Crippen LogP contribution in [0, 0.1) is 5.41 Å². The number of likely N-dealkylation sites (tertiary alicyclic amines) is 1. The van der Waals surface area contributed by atoms with Gasteiger partial charge in [-0.1, -0.05) is 44.2 Å². The van der Waals surface area contributed by atoms with E-state index in [0.717, 1.165) is 26.1 Å². The predicted molar refractivity (Wildman–Crippen MR) is 111 cm³/mol. The van der Waals surface area contributed by atoms with Crippen LogP contribution in [0.2, 0.25) is 0 Å². The smallest absolute Gasteiger partial charge is 0.228 e. The first-order valence-electron chi connectivity index (χ1n) is 10.7. The number of carbonyl (C=O) groups is 1. The van der Waals surface area contributed by atoms with Gasteiger partial charge in [-0.3, -0.25) is 9.69 Å². The highest BCUT2D eigenvalue weighted by atomic mass is 16.2. The molecule has 3 heteroatoms. The number of carbonyl (C=O) groups excluding carboxylic acids is 1. The molecule has 1 atom stereocenters. The summed E-state index contributed by atoms with van der Waals surface area (Å²) in [4.78, 5) is 18.2. The number of piperidine rings is 1. The van der Waals surface area contributed by atoms with Gasteiger partial charge >= 0.3 is 0 Å². The topological polar surface area (TPSA) is 23.6 Å². The molecule has 0 aromatic heterocycles. The van der Waals surface area contributed by atoms with Crippen LogP contribution in [0.15, 0.2) is 30.4 Å². The number of rotatable bonds is 3. The Labute approximate surface area is 164 Å². The Morgan fingerprint density at radius 2 is 1.70 bits per heavy atom. The molecule has 2 heterocycles. The summed E-state index contributed by atoms with van der Waals surface area (Å²) in [6.07, 6.45) is 12.2. The molecule has 1 amide bonds. The third-order valence-corrected chi connectivity index (χ3v) is 7.49. The van der Waals surface area contributed by atoms with E-state index in [2.05, 4.69) is 60.9 Å². The SMILES string of the molecule is CC1(C)CCCN(C(=O)Cc2ccc3c(c2)CCCC3)C1(C)N1CC=CC1. The fourth-order valence-corrected chi connectivity index (χ4v) is 5.47. The van der Waals surface area contributed by atoms with Crippen LogP contribution in [0.3, 0.4) is 0 Å². The molecule has 0 bridgehead atoms. The van der Waals surface area contributed by atoms with Gasteiger partial charge in [0.2, 0.25) is 5.91 Å². The molecule has 3 aliphatic rings. The second-order valence-electron chi connectivity index (χ2n) is 9.42. The summed E-state index contributed by atoms with van der Waals surface area (Å²) in [6.45, 7) is 9.74. The van der Waals surface area contributed by atoms with Crippen molar-refractivity contribution in [2.45, 2.75) is 71.4 Å². The van der Waals surface area contributed by atoms with Gasteiger partial charge in [-0.2, -0.15) is 0 Å². The summed E-state index contributed by atoms with van der Waals surface area (Å²) >= 11 is 0. The van der Waals surface area contributed by atoms with Crippen LogP contribution in [0.1, 0.15) is 63.1 Å². The van der Waals surface area contributed by atoms with Gasteiger partial charge in [0.15, 0.2) is 0 Å². The first-order valence-corrected chi connectivity index (χ1v) is 10.7. The third kappa shape index (κ3) is 3.24. The average Bonchev–Trinajstić information content (AvgIpc) is 3.19. The molecule has 0 radical (unpaired) electrons. The van der Waals surface area contributed by atoms with E-state index in [0.29, 0.717) is 6.42 Å². The van der Waals surface area contributed by atoms with Crippen molar-refractivity contribution in [3.63, 3.8) is 0 Å². The van der Waals surface area contributed by atoms with Gasteiger partial charge in [-0.25, -0.2) is 0 Å². The molecule has 146 valence electrons. The molecule has 1 saturated heterocycles. The summed E-state index contributed by atoms with van der Waals surface area (Å²) in [5.74, 6) is 0.285. The van der Waals surface area contributed by atoms with Crippen LogP contribution in [0.4, 0.5) is 0 Å². The minimum absolute atomic E-state index is 0.0861. The van der Waals surface area contributed by atoms with Gasteiger partial charge in [-0.15, -0.1) is 0 Å². The van der Waals surface area contributed by atoms with E-state index >= 15 is 0 Å². The number of hydrogen-bond donors (Lipinski definition) is 0. The lowest BCUT2D eigenvalue weighted by atomic mass is 9.71. The Morgan fingerprint density at radius 3 is 2.44 bits per heavy atom. The summed E-state index contributed by atoms with van der Waals surface area (Å²) in [7, 11) is 0. The standard InChI is InChI=1S/C24H34N2O/c1-23(2)13-8-16-26(24(23,3)25-14-6-7-15-25)22(27)18-19-11-12-20-9-4-5-10-21(20)17-19/h6-7,11-12,17H,4-5,8-10,13-16,18H2,1-3H3. The lowest BCUT2D eigenvalue weighted by Gasteiger charge is -2.59. The van der Waals surface area contributed by atoms with Gasteiger partial charge in [0.1, 0.15) is 0 Å². The molecule has 0 N–H and O–H groups in total. The van der Waals surface area contributed by atoms with Crippen molar-refractivity contribution >= 4 is 5.91 Å². The number of nitrogens with zero attached hydrogens (tertiary/aromatic N) is 2. The first-order chi connectivity index (χ1) is 12.9. The second-order valence-corrected chi connectivity index (χ2v) is 9.42. The zero-order chi connectivity index (χ0) is 19.1. The lowest BCUT2D eigenvalue weighted by molar-refractivity contribution is -0.170. The van der Waals surface area contributed by atoms with E-state index in [1.54, 1.807) is 0 Å². The highest BCUT2D eigenvalue weighted by Gasteiger charge is 2.53. The van der Waals surface area contributed by atoms with Crippen molar-refractivity contribution < 1.29 is 4.79 Å². The molecular formula is C24H34N2O. The van der Waals surface area contributed by atoms with E-state index in [1.807, 2.05) is 0 Å². The summed E-state index contributed by atoms with van der Waals surface area (Å²) in [6, 6.07) is 6.75. The molecule has 1 fully saturated rings. The number of benzene rings is 1. The number of amides is 1. The maximum Gasteiger partial charge on any atom is 0.228 e.